The molecule has 0 atom stereocenters. The van der Waals surface area contributed by atoms with Gasteiger partial charge in [-0.2, -0.15) is 13.2 Å². The van der Waals surface area contributed by atoms with E-state index in [0.29, 0.717) is 0 Å². The van der Waals surface area contributed by atoms with Crippen LogP contribution in [-0.4, -0.2) is 65.9 Å². The number of nitrogens with zero attached hydrogens (tertiary/aromatic N) is 1. The molecule has 0 radical (unpaired) electrons. The molecule has 0 aromatic carbocycles. The highest BCUT2D eigenvalue weighted by atomic mass is 19.5. The van der Waals surface area contributed by atoms with Crippen molar-refractivity contribution < 1.29 is 74.2 Å². The van der Waals surface area contributed by atoms with E-state index in [9.17, 15) is 65.0 Å². The molecule has 1 heterocycles. The average Bonchev–Trinajstić information content (AvgIpc) is 2.88. The molecule has 31 heavy (non-hydrogen) atoms. The highest BCUT2D eigenvalue weighted by Crippen LogP contribution is 2.19. The molecule has 1 fully saturated rings. The third-order valence-corrected chi connectivity index (χ3v) is 2.78. The Morgan fingerprint density at radius 3 is 1.13 bits per heavy atom. The van der Waals surface area contributed by atoms with Gasteiger partial charge in [0.1, 0.15) is 0 Å². The lowest BCUT2D eigenvalue weighted by Crippen LogP contribution is -2.47. The summed E-state index contributed by atoms with van der Waals surface area (Å²) in [4.78, 5) is 0. The van der Waals surface area contributed by atoms with Gasteiger partial charge in [-0.15, -0.1) is 0 Å². The maximum atomic E-state index is 9.75. The number of halogens is 15. The van der Waals surface area contributed by atoms with E-state index in [0.717, 1.165) is 13.3 Å². The fraction of sp³-hybridized carbons (Fsp3) is 1.00. The minimum Gasteiger partial charge on any atom is -0.418 e. The van der Waals surface area contributed by atoms with Gasteiger partial charge in [-0.1, -0.05) is 6.92 Å². The van der Waals surface area contributed by atoms with Crippen molar-refractivity contribution in [1.29, 1.82) is 0 Å². The molecule has 1 aliphatic heterocycles. The van der Waals surface area contributed by atoms with Gasteiger partial charge in [0.15, 0.2) is 6.73 Å². The van der Waals surface area contributed by atoms with Crippen molar-refractivity contribution >= 4 is 21.8 Å². The molecule has 0 aromatic heterocycles. The van der Waals surface area contributed by atoms with E-state index in [4.69, 9.17) is 4.74 Å². The summed E-state index contributed by atoms with van der Waals surface area (Å²) in [5, 5.41) is 0. The first-order valence-corrected chi connectivity index (χ1v) is 8.53. The van der Waals surface area contributed by atoms with Crippen LogP contribution < -0.4 is 0 Å². The minimum absolute atomic E-state index is 0.865. The lowest BCUT2D eigenvalue weighted by atomic mass is 10.3. The monoisotopic (exact) mass is 503 g/mol. The fourth-order valence-electron chi connectivity index (χ4n) is 2.18. The van der Waals surface area contributed by atoms with Crippen molar-refractivity contribution in [3.8, 4) is 0 Å². The van der Waals surface area contributed by atoms with Gasteiger partial charge in [-0.25, -0.2) is 0 Å². The number of likely N-dealkylation sites (tertiary alicyclic amines) is 1. The Labute approximate surface area is 170 Å². The molecule has 2 nitrogen and oxygen atoms in total. The zero-order chi connectivity index (χ0) is 25.9. The number of quaternary nitrogens is 1. The lowest BCUT2D eigenvalue weighted by molar-refractivity contribution is -0.935. The second-order valence-corrected chi connectivity index (χ2v) is 5.57. The van der Waals surface area contributed by atoms with E-state index in [1.807, 2.05) is 0 Å². The number of rotatable bonds is 5. The largest absolute Gasteiger partial charge is 0.673 e. The molecule has 0 N–H and O–H groups in total. The third kappa shape index (κ3) is 73.1. The molecule has 0 saturated carbocycles. The Morgan fingerprint density at radius 1 is 0.677 bits per heavy atom. The first kappa shape index (κ1) is 37.4. The van der Waals surface area contributed by atoms with Gasteiger partial charge in [-0.3, -0.25) is 0 Å². The number of alkyl halides is 3. The molecule has 0 bridgehead atoms. The molecule has 1 aliphatic rings. The summed E-state index contributed by atoms with van der Waals surface area (Å²) in [5.74, 6) is 0. The summed E-state index contributed by atoms with van der Waals surface area (Å²) in [6.07, 6.45) is 4.08. The lowest BCUT2D eigenvalue weighted by Gasteiger charge is -2.33. The molecule has 0 unspecified atom stereocenters. The van der Waals surface area contributed by atoms with E-state index < -0.39 is 28.4 Å². The van der Waals surface area contributed by atoms with E-state index >= 15 is 0 Å². The van der Waals surface area contributed by atoms with Gasteiger partial charge >= 0.3 is 28.4 Å². The van der Waals surface area contributed by atoms with E-state index in [-0.39, 0.29) is 0 Å². The normalized spacial score (nSPS) is 15.3. The summed E-state index contributed by atoms with van der Waals surface area (Å²) in [6, 6.07) is 0. The molecule has 1 rings (SSSR count). The predicted octanol–water partition coefficient (Wildman–Crippen LogP) is 7.08. The van der Waals surface area contributed by atoms with Crippen molar-refractivity contribution in [1.82, 2.24) is 0 Å². The maximum absolute atomic E-state index is 9.75. The predicted molar refractivity (Wildman–Crippen MR) is 88.5 cm³/mol. The van der Waals surface area contributed by atoms with E-state index in [1.54, 1.807) is 0 Å². The van der Waals surface area contributed by atoms with Crippen LogP contribution >= 0.6 is 0 Å². The standard InChI is InChI=1S/C10H22NO.CHF3.3BF4/c1-3-7-11(10-12-4-2)8-5-6-9-11;2-1(3)4;3*2-1(3,4)5/h3-10H2,1-2H3;1H;;;/q+1;;3*-1. The summed E-state index contributed by atoms with van der Waals surface area (Å²) in [7, 11) is -18.0. The smallest absolute Gasteiger partial charge is 0.418 e. The Hall–Kier alpha value is -0.935. The van der Waals surface area contributed by atoms with E-state index in [1.165, 1.54) is 43.4 Å². The summed E-state index contributed by atoms with van der Waals surface area (Å²) in [6.45, 7) is 6.48. The molecule has 1 saturated heterocycles. The van der Waals surface area contributed by atoms with Crippen LogP contribution in [-0.2, 0) is 4.74 Å². The van der Waals surface area contributed by atoms with Crippen LogP contribution in [0.5, 0.6) is 0 Å². The van der Waals surface area contributed by atoms with Crippen LogP contribution in [0.2, 0.25) is 0 Å². The third-order valence-electron chi connectivity index (χ3n) is 2.78. The first-order chi connectivity index (χ1) is 13.6. The van der Waals surface area contributed by atoms with Crippen molar-refractivity contribution in [2.24, 2.45) is 0 Å². The van der Waals surface area contributed by atoms with Crippen molar-refractivity contribution in [3.05, 3.63) is 0 Å². The van der Waals surface area contributed by atoms with Crippen LogP contribution in [0.3, 0.4) is 0 Å². The summed E-state index contributed by atoms with van der Waals surface area (Å²) in [5.41, 5.74) is 0. The highest BCUT2D eigenvalue weighted by Gasteiger charge is 2.30. The average molecular weight is 503 g/mol. The number of hydrogen-bond acceptors (Lipinski definition) is 1. The van der Waals surface area contributed by atoms with Gasteiger partial charge in [0, 0.05) is 19.4 Å². The first-order valence-electron chi connectivity index (χ1n) is 8.53. The molecule has 20 heteroatoms. The zero-order valence-electron chi connectivity index (χ0n) is 16.5. The molecule has 194 valence electrons. The van der Waals surface area contributed by atoms with Crippen LogP contribution in [0.4, 0.5) is 65.0 Å². The molecular formula is C11H23B3F15NO-2. The Kier molecular flexibility index (Phi) is 22.5. The summed E-state index contributed by atoms with van der Waals surface area (Å²) >= 11 is 0. The van der Waals surface area contributed by atoms with Crippen LogP contribution in [0.1, 0.15) is 33.1 Å². The van der Waals surface area contributed by atoms with E-state index in [2.05, 4.69) is 13.8 Å². The Balaban J connectivity index is -0.000000163. The molecule has 0 amide bonds. The molecular weight excluding hydrogens is 480 g/mol. The van der Waals surface area contributed by atoms with Gasteiger partial charge in [0.2, 0.25) is 0 Å². The van der Waals surface area contributed by atoms with Gasteiger partial charge < -0.3 is 61.0 Å². The van der Waals surface area contributed by atoms with Crippen molar-refractivity contribution in [2.75, 3.05) is 33.0 Å². The second kappa shape index (κ2) is 18.6. The van der Waals surface area contributed by atoms with Crippen molar-refractivity contribution in [2.45, 2.75) is 39.8 Å². The molecule has 0 aromatic rings. The number of hydrogen-bond donors (Lipinski definition) is 0. The summed E-state index contributed by atoms with van der Waals surface area (Å²) < 4.78 is 153. The van der Waals surface area contributed by atoms with Crippen molar-refractivity contribution in [3.63, 3.8) is 0 Å². The van der Waals surface area contributed by atoms with Crippen LogP contribution in [0, 0.1) is 0 Å². The fourth-order valence-corrected chi connectivity index (χ4v) is 2.18. The highest BCUT2D eigenvalue weighted by molar-refractivity contribution is 6.50. The van der Waals surface area contributed by atoms with Gasteiger partial charge in [0.25, 0.3) is 0 Å². The topological polar surface area (TPSA) is 9.23 Å². The molecule has 0 spiro atoms. The SMILES string of the molecule is CCC[N+]1(COCC)CCCC1.FC(F)F.F[B-](F)(F)F.F[B-](F)(F)F.F[B-](F)(F)F. The van der Waals surface area contributed by atoms with Gasteiger partial charge in [0.05, 0.1) is 19.6 Å². The quantitative estimate of drug-likeness (QED) is 0.222. The maximum Gasteiger partial charge on any atom is 0.673 e. The van der Waals surface area contributed by atoms with Crippen LogP contribution in [0.25, 0.3) is 0 Å². The molecule has 0 aliphatic carbocycles. The minimum atomic E-state index is -6.00. The Bertz CT molecular complexity index is 337. The Morgan fingerprint density at radius 2 is 0.935 bits per heavy atom. The van der Waals surface area contributed by atoms with Gasteiger partial charge in [-0.05, 0) is 13.3 Å². The van der Waals surface area contributed by atoms with Crippen LogP contribution in [0.15, 0.2) is 0 Å². The second-order valence-electron chi connectivity index (χ2n) is 5.57. The number of ether oxygens (including phenoxy) is 1. The zero-order valence-corrected chi connectivity index (χ0v) is 16.5.